The van der Waals surface area contributed by atoms with Crippen molar-refractivity contribution >= 4 is 40.4 Å². The predicted octanol–water partition coefficient (Wildman–Crippen LogP) is 3.86. The number of para-hydroxylation sites is 1. The maximum absolute atomic E-state index is 11.6. The van der Waals surface area contributed by atoms with E-state index in [0.717, 1.165) is 54.4 Å². The van der Waals surface area contributed by atoms with Crippen LogP contribution in [0.4, 0.5) is 17.1 Å². The summed E-state index contributed by atoms with van der Waals surface area (Å²) in [6.07, 6.45) is 1.81. The lowest BCUT2D eigenvalue weighted by molar-refractivity contribution is -0.114. The number of amidine groups is 1. The number of benzene rings is 2. The molecule has 28 heavy (non-hydrogen) atoms. The summed E-state index contributed by atoms with van der Waals surface area (Å²) in [5.74, 6) is 0.844. The van der Waals surface area contributed by atoms with Gasteiger partial charge in [-0.3, -0.25) is 9.79 Å². The fourth-order valence-corrected chi connectivity index (χ4v) is 4.06. The minimum atomic E-state index is -0.286. The van der Waals surface area contributed by atoms with Gasteiger partial charge in [0, 0.05) is 11.9 Å². The summed E-state index contributed by atoms with van der Waals surface area (Å²) in [5.41, 5.74) is 3.40. The number of hydrogen-bond acceptors (Lipinski definition) is 4. The highest BCUT2D eigenvalue weighted by Gasteiger charge is 2.41. The molecule has 2 aromatic carbocycles. The van der Waals surface area contributed by atoms with Crippen LogP contribution in [0.2, 0.25) is 5.02 Å². The smallest absolute Gasteiger partial charge is 0.221 e. The van der Waals surface area contributed by atoms with Crippen molar-refractivity contribution in [2.45, 2.75) is 31.8 Å². The van der Waals surface area contributed by atoms with Crippen molar-refractivity contribution in [3.05, 3.63) is 53.1 Å². The van der Waals surface area contributed by atoms with E-state index in [2.05, 4.69) is 21.3 Å². The van der Waals surface area contributed by atoms with Gasteiger partial charge in [-0.1, -0.05) is 29.8 Å². The van der Waals surface area contributed by atoms with Crippen LogP contribution in [0, 0.1) is 0 Å². The van der Waals surface area contributed by atoms with Crippen LogP contribution < -0.4 is 21.3 Å². The number of amides is 1. The first-order valence-corrected chi connectivity index (χ1v) is 9.89. The summed E-state index contributed by atoms with van der Waals surface area (Å²) in [7, 11) is 0. The highest BCUT2D eigenvalue weighted by molar-refractivity contribution is 6.30. The van der Waals surface area contributed by atoms with Gasteiger partial charge in [0.05, 0.1) is 29.1 Å². The Bertz CT molecular complexity index is 921. The number of fused-ring (bicyclic) bond motifs is 1. The van der Waals surface area contributed by atoms with Gasteiger partial charge in [-0.2, -0.15) is 0 Å². The van der Waals surface area contributed by atoms with Gasteiger partial charge in [0.25, 0.3) is 0 Å². The number of halogens is 1. The number of piperidine rings is 1. The van der Waals surface area contributed by atoms with Gasteiger partial charge >= 0.3 is 0 Å². The van der Waals surface area contributed by atoms with Crippen LogP contribution in [0.3, 0.4) is 0 Å². The number of carbonyl (C=O) groups is 1. The molecule has 2 aromatic rings. The second-order valence-corrected chi connectivity index (χ2v) is 7.72. The highest BCUT2D eigenvalue weighted by Crippen LogP contribution is 2.40. The molecule has 2 heterocycles. The molecule has 0 bridgehead atoms. The molecule has 146 valence electrons. The molecule has 2 aliphatic heterocycles. The zero-order chi connectivity index (χ0) is 19.6. The van der Waals surface area contributed by atoms with Crippen LogP contribution in [0.25, 0.3) is 0 Å². The molecule has 6 nitrogen and oxygen atoms in total. The molecule has 1 spiro atoms. The topological polar surface area (TPSA) is 77.6 Å². The van der Waals surface area contributed by atoms with Crippen LogP contribution in [0.1, 0.15) is 25.3 Å². The van der Waals surface area contributed by atoms with E-state index in [-0.39, 0.29) is 11.4 Å². The number of nitrogens with zero attached hydrogens (tertiary/aromatic N) is 1. The van der Waals surface area contributed by atoms with Crippen LogP contribution in [-0.2, 0) is 11.3 Å². The standard InChI is InChI=1S/C21H24ClN5O/c1-14(28)25-17-6-3-7-18-19(17)27-21(8-10-23-11-9-21)20(26-18)24-13-15-4-2-5-16(22)12-15/h2-7,12,23,27H,8-11,13H2,1H3,(H,24,26)(H,25,28). The Balaban J connectivity index is 1.69. The van der Waals surface area contributed by atoms with Gasteiger partial charge in [-0.05, 0) is 55.8 Å². The maximum Gasteiger partial charge on any atom is 0.221 e. The number of anilines is 3. The third-order valence-corrected chi connectivity index (χ3v) is 5.45. The molecule has 0 atom stereocenters. The van der Waals surface area contributed by atoms with Crippen molar-refractivity contribution in [1.82, 2.24) is 5.32 Å². The minimum Gasteiger partial charge on any atom is -0.369 e. The van der Waals surface area contributed by atoms with E-state index in [9.17, 15) is 4.79 Å². The zero-order valence-electron chi connectivity index (χ0n) is 15.8. The summed E-state index contributed by atoms with van der Waals surface area (Å²) in [5, 5.41) is 14.3. The van der Waals surface area contributed by atoms with Crippen LogP contribution >= 0.6 is 11.6 Å². The average Bonchev–Trinajstić information content (AvgIpc) is 2.67. The second kappa shape index (κ2) is 7.81. The van der Waals surface area contributed by atoms with Gasteiger partial charge in [-0.15, -0.1) is 0 Å². The van der Waals surface area contributed by atoms with Gasteiger partial charge in [0.2, 0.25) is 5.91 Å². The first-order valence-electron chi connectivity index (χ1n) is 9.52. The van der Waals surface area contributed by atoms with E-state index in [1.165, 1.54) is 6.92 Å². The highest BCUT2D eigenvalue weighted by atomic mass is 35.5. The number of hydrogen-bond donors (Lipinski definition) is 4. The van der Waals surface area contributed by atoms with E-state index in [0.29, 0.717) is 11.6 Å². The lowest BCUT2D eigenvalue weighted by Gasteiger charge is -2.44. The van der Waals surface area contributed by atoms with Crippen LogP contribution in [-0.4, -0.2) is 30.4 Å². The fraction of sp³-hybridized carbons (Fsp3) is 0.333. The largest absolute Gasteiger partial charge is 0.369 e. The number of aliphatic imine (C=N–C) groups is 1. The molecule has 0 unspecified atom stereocenters. The van der Waals surface area contributed by atoms with Crippen molar-refractivity contribution in [1.29, 1.82) is 0 Å². The Morgan fingerprint density at radius 2 is 2.00 bits per heavy atom. The Kier molecular flexibility index (Phi) is 5.24. The maximum atomic E-state index is 11.6. The van der Waals surface area contributed by atoms with Crippen molar-refractivity contribution < 1.29 is 4.79 Å². The van der Waals surface area contributed by atoms with E-state index in [1.807, 2.05) is 42.5 Å². The molecule has 1 amide bonds. The molecule has 0 saturated carbocycles. The summed E-state index contributed by atoms with van der Waals surface area (Å²) in [6.45, 7) is 3.89. The SMILES string of the molecule is CC(=O)Nc1cccc2c1NC1(CCNCC1)C(=NCc1cccc(Cl)c1)N2. The first kappa shape index (κ1) is 18.8. The number of rotatable bonds is 3. The molecule has 0 radical (unpaired) electrons. The van der Waals surface area contributed by atoms with Crippen LogP contribution in [0.15, 0.2) is 47.5 Å². The summed E-state index contributed by atoms with van der Waals surface area (Å²) in [4.78, 5) is 16.5. The zero-order valence-corrected chi connectivity index (χ0v) is 16.6. The Morgan fingerprint density at radius 1 is 1.21 bits per heavy atom. The van der Waals surface area contributed by atoms with Crippen molar-refractivity contribution in [2.24, 2.45) is 4.99 Å². The molecular weight excluding hydrogens is 374 g/mol. The van der Waals surface area contributed by atoms with Crippen molar-refractivity contribution in [2.75, 3.05) is 29.0 Å². The molecule has 1 saturated heterocycles. The average molecular weight is 398 g/mol. The summed E-state index contributed by atoms with van der Waals surface area (Å²) >= 11 is 6.12. The Morgan fingerprint density at radius 3 is 2.75 bits per heavy atom. The lowest BCUT2D eigenvalue weighted by atomic mass is 9.84. The van der Waals surface area contributed by atoms with Crippen LogP contribution in [0.5, 0.6) is 0 Å². The lowest BCUT2D eigenvalue weighted by Crippen LogP contribution is -2.58. The van der Waals surface area contributed by atoms with E-state index in [1.54, 1.807) is 0 Å². The third-order valence-electron chi connectivity index (χ3n) is 5.21. The molecule has 0 aromatic heterocycles. The van der Waals surface area contributed by atoms with Crippen molar-refractivity contribution in [3.8, 4) is 0 Å². The van der Waals surface area contributed by atoms with Gasteiger partial charge in [0.15, 0.2) is 0 Å². The van der Waals surface area contributed by atoms with Crippen molar-refractivity contribution in [3.63, 3.8) is 0 Å². The summed E-state index contributed by atoms with van der Waals surface area (Å²) in [6, 6.07) is 13.6. The summed E-state index contributed by atoms with van der Waals surface area (Å²) < 4.78 is 0. The molecule has 0 aliphatic carbocycles. The monoisotopic (exact) mass is 397 g/mol. The van der Waals surface area contributed by atoms with Gasteiger partial charge < -0.3 is 21.3 Å². The first-order chi connectivity index (χ1) is 13.6. The normalized spacial score (nSPS) is 18.9. The van der Waals surface area contributed by atoms with Gasteiger partial charge in [-0.25, -0.2) is 0 Å². The fourth-order valence-electron chi connectivity index (χ4n) is 3.84. The third kappa shape index (κ3) is 3.84. The molecule has 4 N–H and O–H groups in total. The Labute approximate surface area is 169 Å². The van der Waals surface area contributed by atoms with E-state index < -0.39 is 0 Å². The molecule has 7 heteroatoms. The van der Waals surface area contributed by atoms with E-state index in [4.69, 9.17) is 16.6 Å². The molecule has 4 rings (SSSR count). The predicted molar refractivity (Wildman–Crippen MR) is 115 cm³/mol. The molecular formula is C21H24ClN5O. The van der Waals surface area contributed by atoms with Gasteiger partial charge in [0.1, 0.15) is 5.84 Å². The van der Waals surface area contributed by atoms with E-state index >= 15 is 0 Å². The molecule has 1 fully saturated rings. The second-order valence-electron chi connectivity index (χ2n) is 7.29. The Hall–Kier alpha value is -2.57. The number of nitrogens with one attached hydrogen (secondary N) is 4. The molecule has 2 aliphatic rings. The number of carbonyl (C=O) groups excluding carboxylic acids is 1. The minimum absolute atomic E-state index is 0.0880. The quantitative estimate of drug-likeness (QED) is 0.634.